The van der Waals surface area contributed by atoms with Gasteiger partial charge in [-0.15, -0.1) is 13.2 Å². The fourth-order valence-electron chi connectivity index (χ4n) is 4.67. The number of halogens is 4. The van der Waals surface area contributed by atoms with E-state index in [0.717, 1.165) is 23.7 Å². The number of ether oxygens (including phenoxy) is 1. The maximum absolute atomic E-state index is 15.1. The molecule has 5 rings (SSSR count). The highest BCUT2D eigenvalue weighted by Gasteiger charge is 2.31. The number of hydrogen-bond acceptors (Lipinski definition) is 7. The van der Waals surface area contributed by atoms with Crippen molar-refractivity contribution in [1.82, 2.24) is 20.2 Å². The van der Waals surface area contributed by atoms with E-state index in [1.54, 1.807) is 6.92 Å². The molecule has 1 aliphatic rings. The van der Waals surface area contributed by atoms with E-state index in [-0.39, 0.29) is 28.9 Å². The van der Waals surface area contributed by atoms with Gasteiger partial charge < -0.3 is 20.7 Å². The van der Waals surface area contributed by atoms with E-state index in [4.69, 9.17) is 0 Å². The largest absolute Gasteiger partial charge is 0.573 e. The third kappa shape index (κ3) is 7.67. The number of carbonyl (C=O) groups is 2. The van der Waals surface area contributed by atoms with Gasteiger partial charge in [0, 0.05) is 42.6 Å². The number of nitrogens with one attached hydrogen (secondary N) is 3. The molecule has 1 fully saturated rings. The van der Waals surface area contributed by atoms with Gasteiger partial charge in [0.25, 0.3) is 5.91 Å². The summed E-state index contributed by atoms with van der Waals surface area (Å²) in [5, 5.41) is 8.42. The number of aromatic nitrogens is 2. The van der Waals surface area contributed by atoms with Gasteiger partial charge in [0.05, 0.1) is 17.9 Å². The summed E-state index contributed by atoms with van der Waals surface area (Å²) in [4.78, 5) is 35.3. The second-order valence-electron chi connectivity index (χ2n) is 10.3. The first kappa shape index (κ1) is 30.4. The Kier molecular flexibility index (Phi) is 8.76. The highest BCUT2D eigenvalue weighted by atomic mass is 19.4. The molecule has 2 amide bonds. The second-order valence-corrected chi connectivity index (χ2v) is 10.3. The van der Waals surface area contributed by atoms with Crippen molar-refractivity contribution in [2.75, 3.05) is 30.3 Å². The number of carbonyl (C=O) groups excluding carboxylic acids is 2. The molecule has 9 nitrogen and oxygen atoms in total. The quantitative estimate of drug-likeness (QED) is 0.220. The Labute approximate surface area is 250 Å². The third-order valence-electron chi connectivity index (χ3n) is 6.88. The lowest BCUT2D eigenvalue weighted by Gasteiger charge is -2.26. The third-order valence-corrected chi connectivity index (χ3v) is 6.88. The smallest absolute Gasteiger partial charge is 0.406 e. The minimum atomic E-state index is -4.80. The normalized spacial score (nSPS) is 13.7. The Morgan fingerprint density at radius 2 is 1.80 bits per heavy atom. The molecule has 3 N–H and O–H groups in total. The molecular formula is C31H28F4N6O3. The Balaban J connectivity index is 1.27. The van der Waals surface area contributed by atoms with Gasteiger partial charge in [0.2, 0.25) is 11.9 Å². The molecule has 13 heteroatoms. The standard InChI is InChI=1S/C31H28F4N6O3/c1-18-3-4-20(16-41-12-11-36-27(42)17-41)13-26(18)38-29(43)22-7-10-25(24(32)14-22)39-30-37-15-19(2)28(40-30)21-5-8-23(9-6-21)44-31(33,34)35/h3-10,13-15H,11-12,16-17H2,1-2H3,(H,36,42)(H,38,43)(H,37,39,40). The minimum Gasteiger partial charge on any atom is -0.406 e. The predicted molar refractivity (Wildman–Crippen MR) is 156 cm³/mol. The van der Waals surface area contributed by atoms with E-state index in [2.05, 4.69) is 30.7 Å². The summed E-state index contributed by atoms with van der Waals surface area (Å²) in [7, 11) is 0. The SMILES string of the molecule is Cc1ccc(CN2CCNC(=O)C2)cc1NC(=O)c1ccc(Nc2ncc(C)c(-c3ccc(OC(F)(F)F)cc3)n2)c(F)c1. The monoisotopic (exact) mass is 608 g/mol. The Bertz CT molecular complexity index is 1700. The number of nitrogens with zero attached hydrogens (tertiary/aromatic N) is 3. The summed E-state index contributed by atoms with van der Waals surface area (Å²) in [5.74, 6) is -1.56. The summed E-state index contributed by atoms with van der Waals surface area (Å²) >= 11 is 0. The maximum Gasteiger partial charge on any atom is 0.573 e. The molecular weight excluding hydrogens is 580 g/mol. The molecule has 3 aromatic carbocycles. The number of benzene rings is 3. The number of amides is 2. The van der Waals surface area contributed by atoms with Crippen molar-refractivity contribution in [3.05, 3.63) is 94.9 Å². The fraction of sp³-hybridized carbons (Fsp3) is 0.226. The summed E-state index contributed by atoms with van der Waals surface area (Å²) in [6.45, 7) is 5.74. The van der Waals surface area contributed by atoms with Crippen molar-refractivity contribution in [2.45, 2.75) is 26.8 Å². The van der Waals surface area contributed by atoms with Gasteiger partial charge in [-0.05, 0) is 79.1 Å². The molecule has 0 bridgehead atoms. The lowest BCUT2D eigenvalue weighted by atomic mass is 10.1. The molecule has 0 saturated carbocycles. The van der Waals surface area contributed by atoms with E-state index in [9.17, 15) is 22.8 Å². The first-order valence-electron chi connectivity index (χ1n) is 13.6. The van der Waals surface area contributed by atoms with Gasteiger partial charge in [-0.2, -0.15) is 0 Å². The molecule has 0 spiro atoms. The average Bonchev–Trinajstić information content (AvgIpc) is 2.96. The summed E-state index contributed by atoms with van der Waals surface area (Å²) < 4.78 is 56.5. The summed E-state index contributed by atoms with van der Waals surface area (Å²) in [5.41, 5.74) is 4.03. The molecule has 1 saturated heterocycles. The molecule has 4 aromatic rings. The van der Waals surface area contributed by atoms with Crippen LogP contribution >= 0.6 is 0 Å². The van der Waals surface area contributed by atoms with Gasteiger partial charge in [-0.3, -0.25) is 14.5 Å². The van der Waals surface area contributed by atoms with Crippen LogP contribution in [0, 0.1) is 19.7 Å². The number of aryl methyl sites for hydroxylation is 2. The van der Waals surface area contributed by atoms with Crippen molar-refractivity contribution in [3.63, 3.8) is 0 Å². The van der Waals surface area contributed by atoms with Crippen LogP contribution in [-0.2, 0) is 11.3 Å². The molecule has 0 atom stereocenters. The van der Waals surface area contributed by atoms with Crippen molar-refractivity contribution < 1.29 is 31.9 Å². The Hall–Kier alpha value is -5.04. The first-order valence-corrected chi connectivity index (χ1v) is 13.6. The highest BCUT2D eigenvalue weighted by Crippen LogP contribution is 2.29. The topological polar surface area (TPSA) is 108 Å². The zero-order chi connectivity index (χ0) is 31.4. The van der Waals surface area contributed by atoms with E-state index in [0.29, 0.717) is 42.1 Å². The summed E-state index contributed by atoms with van der Waals surface area (Å²) in [6.07, 6.45) is -3.30. The van der Waals surface area contributed by atoms with E-state index >= 15 is 4.39 Å². The van der Waals surface area contributed by atoms with Gasteiger partial charge in [0.1, 0.15) is 11.6 Å². The van der Waals surface area contributed by atoms with E-state index < -0.39 is 18.1 Å². The summed E-state index contributed by atoms with van der Waals surface area (Å²) in [6, 6.07) is 14.8. The number of hydrogen-bond donors (Lipinski definition) is 3. The maximum atomic E-state index is 15.1. The van der Waals surface area contributed by atoms with Crippen LogP contribution in [-0.4, -0.2) is 52.7 Å². The second kappa shape index (κ2) is 12.7. The van der Waals surface area contributed by atoms with Crippen molar-refractivity contribution in [2.24, 2.45) is 0 Å². The molecule has 0 aliphatic carbocycles. The highest BCUT2D eigenvalue weighted by molar-refractivity contribution is 6.05. The molecule has 1 aliphatic heterocycles. The number of alkyl halides is 3. The first-order chi connectivity index (χ1) is 20.9. The van der Waals surface area contributed by atoms with Crippen LogP contribution in [0.3, 0.4) is 0 Å². The van der Waals surface area contributed by atoms with Gasteiger partial charge in [-0.1, -0.05) is 12.1 Å². The molecule has 44 heavy (non-hydrogen) atoms. The molecule has 228 valence electrons. The van der Waals surface area contributed by atoms with Crippen molar-refractivity contribution >= 4 is 29.1 Å². The lowest BCUT2D eigenvalue weighted by molar-refractivity contribution is -0.274. The van der Waals surface area contributed by atoms with Crippen LogP contribution in [0.4, 0.5) is 34.9 Å². The molecule has 0 unspecified atom stereocenters. The van der Waals surface area contributed by atoms with Crippen LogP contribution in [0.25, 0.3) is 11.3 Å². The Morgan fingerprint density at radius 3 is 2.50 bits per heavy atom. The van der Waals surface area contributed by atoms with Crippen molar-refractivity contribution in [1.29, 1.82) is 0 Å². The lowest BCUT2D eigenvalue weighted by Crippen LogP contribution is -2.47. The number of piperazine rings is 1. The van der Waals surface area contributed by atoms with Crippen LogP contribution in [0.1, 0.15) is 27.0 Å². The van der Waals surface area contributed by atoms with Crippen molar-refractivity contribution in [3.8, 4) is 17.0 Å². The van der Waals surface area contributed by atoms with Crippen LogP contribution < -0.4 is 20.7 Å². The molecule has 2 heterocycles. The number of rotatable bonds is 8. The average molecular weight is 609 g/mol. The van der Waals surface area contributed by atoms with Crippen LogP contribution in [0.5, 0.6) is 5.75 Å². The predicted octanol–water partition coefficient (Wildman–Crippen LogP) is 5.73. The Morgan fingerprint density at radius 1 is 1.02 bits per heavy atom. The van der Waals surface area contributed by atoms with Crippen LogP contribution in [0.15, 0.2) is 66.9 Å². The zero-order valence-electron chi connectivity index (χ0n) is 23.8. The van der Waals surface area contributed by atoms with Crippen LogP contribution in [0.2, 0.25) is 0 Å². The molecule has 1 aromatic heterocycles. The van der Waals surface area contributed by atoms with E-state index in [1.165, 1.54) is 42.6 Å². The fourth-order valence-corrected chi connectivity index (χ4v) is 4.67. The molecule has 0 radical (unpaired) electrons. The zero-order valence-corrected chi connectivity index (χ0v) is 23.8. The van der Waals surface area contributed by atoms with Gasteiger partial charge in [-0.25, -0.2) is 14.4 Å². The van der Waals surface area contributed by atoms with E-state index in [1.807, 2.05) is 30.0 Å². The van der Waals surface area contributed by atoms with Gasteiger partial charge in [0.15, 0.2) is 0 Å². The van der Waals surface area contributed by atoms with Gasteiger partial charge >= 0.3 is 6.36 Å². The number of anilines is 3. The minimum absolute atomic E-state index is 0.0222.